The molecule has 0 radical (unpaired) electrons. The number of nitrogens with zero attached hydrogens (tertiary/aromatic N) is 1. The molecule has 0 spiro atoms. The van der Waals surface area contributed by atoms with Gasteiger partial charge >= 0.3 is 0 Å². The number of rotatable bonds is 3. The summed E-state index contributed by atoms with van der Waals surface area (Å²) in [5, 5.41) is 11.7. The number of allylic oxidation sites excluding steroid dienone is 1. The van der Waals surface area contributed by atoms with E-state index in [0.29, 0.717) is 17.0 Å². The third-order valence-electron chi connectivity index (χ3n) is 3.34. The zero-order valence-electron chi connectivity index (χ0n) is 11.3. The molecule has 2 aromatic carbocycles. The molecule has 0 fully saturated rings. The molecule has 0 atom stereocenters. The van der Waals surface area contributed by atoms with Crippen molar-refractivity contribution in [2.45, 2.75) is 6.42 Å². The highest BCUT2D eigenvalue weighted by atomic mass is 35.5. The zero-order valence-corrected chi connectivity index (χ0v) is 12.1. The van der Waals surface area contributed by atoms with Crippen LogP contribution in [0.2, 0.25) is 5.02 Å². The minimum absolute atomic E-state index is 0.202. The maximum absolute atomic E-state index is 10.3. The second-order valence-corrected chi connectivity index (χ2v) is 5.19. The van der Waals surface area contributed by atoms with E-state index in [1.165, 1.54) is 0 Å². The predicted molar refractivity (Wildman–Crippen MR) is 87.6 cm³/mol. The largest absolute Gasteiger partial charge is 0.505 e. The van der Waals surface area contributed by atoms with Crippen LogP contribution in [-0.2, 0) is 6.42 Å². The minimum Gasteiger partial charge on any atom is -0.505 e. The number of phenolic OH excluding ortho intramolecular Hbond substituents is 1. The van der Waals surface area contributed by atoms with Gasteiger partial charge < -0.3 is 5.11 Å². The van der Waals surface area contributed by atoms with Crippen molar-refractivity contribution < 1.29 is 5.11 Å². The average Bonchev–Trinajstić information content (AvgIpc) is 2.53. The van der Waals surface area contributed by atoms with Crippen molar-refractivity contribution >= 4 is 28.6 Å². The Labute approximate surface area is 128 Å². The molecule has 0 aliphatic heterocycles. The lowest BCUT2D eigenvalue weighted by Crippen LogP contribution is -1.88. The molecule has 2 nitrogen and oxygen atoms in total. The molecule has 3 aromatic rings. The van der Waals surface area contributed by atoms with E-state index in [1.807, 2.05) is 54.6 Å². The Balaban J connectivity index is 1.91. The number of aromatic hydroxyl groups is 1. The fourth-order valence-electron chi connectivity index (χ4n) is 2.28. The molecular formula is C18H14ClNO. The van der Waals surface area contributed by atoms with E-state index in [2.05, 4.69) is 4.98 Å². The van der Waals surface area contributed by atoms with Gasteiger partial charge in [0.15, 0.2) is 0 Å². The van der Waals surface area contributed by atoms with Crippen LogP contribution >= 0.6 is 11.6 Å². The van der Waals surface area contributed by atoms with Crippen molar-refractivity contribution in [2.75, 3.05) is 0 Å². The van der Waals surface area contributed by atoms with Gasteiger partial charge in [-0.05, 0) is 30.2 Å². The van der Waals surface area contributed by atoms with Gasteiger partial charge in [0.1, 0.15) is 11.3 Å². The molecule has 21 heavy (non-hydrogen) atoms. The third kappa shape index (κ3) is 2.91. The maximum Gasteiger partial charge on any atom is 0.145 e. The standard InChI is InChI=1S/C18H14ClNO/c19-16-12-14(9-4-8-13-6-2-1-3-7-13)18(21)17-15(16)10-5-11-20-17/h1-8,10-12,21H,9H2/b8-4+. The summed E-state index contributed by atoms with van der Waals surface area (Å²) < 4.78 is 0. The van der Waals surface area contributed by atoms with Gasteiger partial charge in [-0.2, -0.15) is 0 Å². The lowest BCUT2D eigenvalue weighted by atomic mass is 10.1. The van der Waals surface area contributed by atoms with Crippen LogP contribution in [0.5, 0.6) is 5.75 Å². The lowest BCUT2D eigenvalue weighted by Gasteiger charge is -2.07. The van der Waals surface area contributed by atoms with Crippen LogP contribution in [0.25, 0.3) is 17.0 Å². The molecule has 0 saturated heterocycles. The molecule has 0 unspecified atom stereocenters. The van der Waals surface area contributed by atoms with Gasteiger partial charge in [0, 0.05) is 17.1 Å². The lowest BCUT2D eigenvalue weighted by molar-refractivity contribution is 0.475. The molecule has 0 bridgehead atoms. The van der Waals surface area contributed by atoms with Crippen molar-refractivity contribution in [3.8, 4) is 5.75 Å². The highest BCUT2D eigenvalue weighted by Crippen LogP contribution is 2.33. The smallest absolute Gasteiger partial charge is 0.145 e. The van der Waals surface area contributed by atoms with Gasteiger partial charge in [0.2, 0.25) is 0 Å². The fraction of sp³-hybridized carbons (Fsp3) is 0.0556. The number of benzene rings is 2. The van der Waals surface area contributed by atoms with E-state index >= 15 is 0 Å². The average molecular weight is 296 g/mol. The Morgan fingerprint density at radius 1 is 1.10 bits per heavy atom. The van der Waals surface area contributed by atoms with Crippen LogP contribution in [0.3, 0.4) is 0 Å². The Morgan fingerprint density at radius 2 is 1.90 bits per heavy atom. The molecule has 1 heterocycles. The first-order chi connectivity index (χ1) is 10.3. The molecule has 0 aliphatic carbocycles. The second kappa shape index (κ2) is 5.98. The van der Waals surface area contributed by atoms with Crippen LogP contribution in [0.1, 0.15) is 11.1 Å². The van der Waals surface area contributed by atoms with Gasteiger partial charge in [0.05, 0.1) is 5.02 Å². The molecule has 3 rings (SSSR count). The summed E-state index contributed by atoms with van der Waals surface area (Å²) in [4.78, 5) is 4.21. The van der Waals surface area contributed by atoms with Crippen molar-refractivity contribution in [2.24, 2.45) is 0 Å². The summed E-state index contributed by atoms with van der Waals surface area (Å²) >= 11 is 6.25. The summed E-state index contributed by atoms with van der Waals surface area (Å²) in [6, 6.07) is 15.5. The number of fused-ring (bicyclic) bond motifs is 1. The number of hydrogen-bond acceptors (Lipinski definition) is 2. The van der Waals surface area contributed by atoms with Crippen molar-refractivity contribution in [3.63, 3.8) is 0 Å². The highest BCUT2D eigenvalue weighted by molar-refractivity contribution is 6.35. The number of phenols is 1. The Kier molecular flexibility index (Phi) is 3.89. The minimum atomic E-state index is 0.202. The van der Waals surface area contributed by atoms with E-state index < -0.39 is 0 Å². The van der Waals surface area contributed by atoms with Gasteiger partial charge in [-0.15, -0.1) is 0 Å². The quantitative estimate of drug-likeness (QED) is 0.749. The van der Waals surface area contributed by atoms with E-state index in [-0.39, 0.29) is 5.75 Å². The van der Waals surface area contributed by atoms with E-state index in [1.54, 1.807) is 12.3 Å². The molecule has 0 aliphatic rings. The van der Waals surface area contributed by atoms with Gasteiger partial charge in [-0.3, -0.25) is 4.98 Å². The van der Waals surface area contributed by atoms with Gasteiger partial charge in [-0.1, -0.05) is 54.1 Å². The number of aromatic nitrogens is 1. The highest BCUT2D eigenvalue weighted by Gasteiger charge is 2.10. The first kappa shape index (κ1) is 13.7. The van der Waals surface area contributed by atoms with Gasteiger partial charge in [-0.25, -0.2) is 0 Å². The van der Waals surface area contributed by atoms with Crippen LogP contribution in [-0.4, -0.2) is 10.1 Å². The molecule has 1 N–H and O–H groups in total. The molecule has 0 saturated carbocycles. The summed E-state index contributed by atoms with van der Waals surface area (Å²) in [6.07, 6.45) is 6.29. The summed E-state index contributed by atoms with van der Waals surface area (Å²) in [7, 11) is 0. The van der Waals surface area contributed by atoms with Crippen LogP contribution < -0.4 is 0 Å². The molecule has 0 amide bonds. The van der Waals surface area contributed by atoms with Crippen molar-refractivity contribution in [1.29, 1.82) is 0 Å². The number of hydrogen-bond donors (Lipinski definition) is 1. The summed E-state index contributed by atoms with van der Waals surface area (Å²) in [6.45, 7) is 0. The number of halogens is 1. The van der Waals surface area contributed by atoms with Crippen LogP contribution in [0.15, 0.2) is 60.8 Å². The zero-order chi connectivity index (χ0) is 14.7. The van der Waals surface area contributed by atoms with Crippen molar-refractivity contribution in [1.82, 2.24) is 4.98 Å². The molecule has 1 aromatic heterocycles. The summed E-state index contributed by atoms with van der Waals surface area (Å²) in [5.74, 6) is 0.202. The Morgan fingerprint density at radius 3 is 2.71 bits per heavy atom. The van der Waals surface area contributed by atoms with E-state index in [0.717, 1.165) is 16.5 Å². The van der Waals surface area contributed by atoms with E-state index in [4.69, 9.17) is 11.6 Å². The van der Waals surface area contributed by atoms with Crippen molar-refractivity contribution in [3.05, 3.63) is 77.0 Å². The first-order valence-electron chi connectivity index (χ1n) is 6.72. The van der Waals surface area contributed by atoms with Gasteiger partial charge in [0.25, 0.3) is 0 Å². The molecule has 3 heteroatoms. The normalized spacial score (nSPS) is 11.3. The number of pyridine rings is 1. The van der Waals surface area contributed by atoms with E-state index in [9.17, 15) is 5.11 Å². The first-order valence-corrected chi connectivity index (χ1v) is 7.10. The monoisotopic (exact) mass is 295 g/mol. The van der Waals surface area contributed by atoms with Crippen LogP contribution in [0, 0.1) is 0 Å². The Bertz CT molecular complexity index is 797. The van der Waals surface area contributed by atoms with Crippen LogP contribution in [0.4, 0.5) is 0 Å². The second-order valence-electron chi connectivity index (χ2n) is 4.78. The maximum atomic E-state index is 10.3. The molecular weight excluding hydrogens is 282 g/mol. The molecule has 104 valence electrons. The summed E-state index contributed by atoms with van der Waals surface area (Å²) in [5.41, 5.74) is 2.45. The fourth-order valence-corrected chi connectivity index (χ4v) is 2.56. The predicted octanol–water partition coefficient (Wildman–Crippen LogP) is 4.85. The SMILES string of the molecule is Oc1c(C/C=C/c2ccccc2)cc(Cl)c2cccnc12. The third-order valence-corrected chi connectivity index (χ3v) is 3.65. The Hall–Kier alpha value is -2.32. The topological polar surface area (TPSA) is 33.1 Å².